The van der Waals surface area contributed by atoms with Gasteiger partial charge in [0.1, 0.15) is 5.82 Å². The van der Waals surface area contributed by atoms with Crippen molar-refractivity contribution < 1.29 is 22.4 Å². The van der Waals surface area contributed by atoms with Gasteiger partial charge in [-0.1, -0.05) is 11.8 Å². The number of nitrogens with zero attached hydrogens (tertiary/aromatic N) is 2. The minimum absolute atomic E-state index is 0.0784. The maximum atomic E-state index is 13.3. The van der Waals surface area contributed by atoms with Crippen LogP contribution in [0.4, 0.5) is 23.2 Å². The van der Waals surface area contributed by atoms with E-state index in [9.17, 15) is 27.2 Å². The molecule has 5 nitrogen and oxygen atoms in total. The summed E-state index contributed by atoms with van der Waals surface area (Å²) < 4.78 is 53.0. The van der Waals surface area contributed by atoms with Crippen molar-refractivity contribution in [3.05, 3.63) is 51.7 Å². The zero-order valence-electron chi connectivity index (χ0n) is 13.4. The first-order chi connectivity index (χ1) is 12.2. The quantitative estimate of drug-likeness (QED) is 0.636. The van der Waals surface area contributed by atoms with Crippen molar-refractivity contribution in [2.75, 3.05) is 11.1 Å². The number of fused-ring (bicyclic) bond motifs is 1. The number of thioether (sulfide) groups is 1. The van der Waals surface area contributed by atoms with Gasteiger partial charge in [-0.25, -0.2) is 9.37 Å². The van der Waals surface area contributed by atoms with Crippen molar-refractivity contribution >= 4 is 23.4 Å². The monoisotopic (exact) mass is 387 g/mol. The summed E-state index contributed by atoms with van der Waals surface area (Å²) in [5, 5.41) is 2.85. The lowest BCUT2D eigenvalue weighted by Gasteiger charge is -2.24. The van der Waals surface area contributed by atoms with E-state index in [4.69, 9.17) is 0 Å². The molecule has 1 aliphatic heterocycles. The largest absolute Gasteiger partial charge is 0.419 e. The molecule has 1 aliphatic rings. The van der Waals surface area contributed by atoms with E-state index in [1.54, 1.807) is 6.92 Å². The van der Waals surface area contributed by atoms with Gasteiger partial charge in [0, 0.05) is 29.7 Å². The summed E-state index contributed by atoms with van der Waals surface area (Å²) in [5.41, 5.74) is -1.44. The third-order valence-electron chi connectivity index (χ3n) is 3.91. The van der Waals surface area contributed by atoms with Gasteiger partial charge in [-0.05, 0) is 25.1 Å². The molecule has 1 unspecified atom stereocenters. The Morgan fingerprint density at radius 3 is 2.81 bits per heavy atom. The summed E-state index contributed by atoms with van der Waals surface area (Å²) >= 11 is 1.22. The summed E-state index contributed by atoms with van der Waals surface area (Å²) in [4.78, 5) is 28.7. The highest BCUT2D eigenvalue weighted by molar-refractivity contribution is 7.99. The van der Waals surface area contributed by atoms with Gasteiger partial charge in [0.05, 0.1) is 11.5 Å². The molecule has 138 valence electrons. The van der Waals surface area contributed by atoms with E-state index >= 15 is 0 Å². The topological polar surface area (TPSA) is 64.0 Å². The van der Waals surface area contributed by atoms with Crippen LogP contribution < -0.4 is 10.9 Å². The normalized spacial score (nSPS) is 16.9. The number of nitrogens with one attached hydrogen (secondary N) is 1. The summed E-state index contributed by atoms with van der Waals surface area (Å²) in [5.74, 6) is -2.26. The van der Waals surface area contributed by atoms with E-state index in [1.165, 1.54) is 22.5 Å². The number of hydrogen-bond donors (Lipinski definition) is 1. The van der Waals surface area contributed by atoms with E-state index in [1.807, 2.05) is 0 Å². The highest BCUT2D eigenvalue weighted by Crippen LogP contribution is 2.33. The van der Waals surface area contributed by atoms with Gasteiger partial charge in [0.2, 0.25) is 5.91 Å². The molecule has 1 amide bonds. The maximum absolute atomic E-state index is 13.3. The van der Waals surface area contributed by atoms with E-state index in [0.29, 0.717) is 28.6 Å². The zero-order chi connectivity index (χ0) is 19.1. The van der Waals surface area contributed by atoms with Crippen LogP contribution in [0.3, 0.4) is 0 Å². The molecule has 10 heteroatoms. The molecule has 0 bridgehead atoms. The number of benzene rings is 1. The highest BCUT2D eigenvalue weighted by atomic mass is 32.2. The van der Waals surface area contributed by atoms with Crippen LogP contribution in [-0.2, 0) is 17.5 Å². The Kier molecular flexibility index (Phi) is 4.78. The molecule has 1 atom stereocenters. The molecule has 0 saturated heterocycles. The number of hydrogen-bond acceptors (Lipinski definition) is 4. The van der Waals surface area contributed by atoms with Crippen molar-refractivity contribution in [3.63, 3.8) is 0 Å². The number of carbonyl (C=O) groups excluding carboxylic acids is 1. The lowest BCUT2D eigenvalue weighted by atomic mass is 10.1. The molecular formula is C16H13F4N3O2S. The van der Waals surface area contributed by atoms with Gasteiger partial charge in [-0.15, -0.1) is 0 Å². The van der Waals surface area contributed by atoms with Crippen LogP contribution in [0.25, 0.3) is 0 Å². The minimum Gasteiger partial charge on any atom is -0.326 e. The SMILES string of the molecule is Cc1cnc2n(c1=O)CC(C(=O)Nc1ccc(F)c(C(F)(F)F)c1)CS2. The number of rotatable bonds is 2. The van der Waals surface area contributed by atoms with E-state index in [0.717, 1.165) is 6.07 Å². The van der Waals surface area contributed by atoms with Gasteiger partial charge in [-0.3, -0.25) is 14.2 Å². The second kappa shape index (κ2) is 6.75. The zero-order valence-corrected chi connectivity index (χ0v) is 14.2. The number of amides is 1. The standard InChI is InChI=1S/C16H13F4N3O2S/c1-8-5-21-15-23(14(8)25)6-9(7-26-15)13(24)22-10-2-3-12(17)11(4-10)16(18,19)20/h2-5,9H,6-7H2,1H3,(H,22,24). The third kappa shape index (κ3) is 3.59. The van der Waals surface area contributed by atoms with Crippen LogP contribution in [0.1, 0.15) is 11.1 Å². The van der Waals surface area contributed by atoms with Gasteiger partial charge in [-0.2, -0.15) is 13.2 Å². The average Bonchev–Trinajstić information content (AvgIpc) is 2.58. The highest BCUT2D eigenvalue weighted by Gasteiger charge is 2.34. The summed E-state index contributed by atoms with van der Waals surface area (Å²) in [6.45, 7) is 1.68. The summed E-state index contributed by atoms with van der Waals surface area (Å²) in [6, 6.07) is 2.26. The molecular weight excluding hydrogens is 374 g/mol. The summed E-state index contributed by atoms with van der Waals surface area (Å²) in [6.07, 6.45) is -3.40. The number of halogens is 4. The van der Waals surface area contributed by atoms with Crippen molar-refractivity contribution in [2.24, 2.45) is 5.92 Å². The molecule has 0 radical (unpaired) electrons. The van der Waals surface area contributed by atoms with Crippen LogP contribution in [0, 0.1) is 18.7 Å². The number of aryl methyl sites for hydroxylation is 1. The van der Waals surface area contributed by atoms with E-state index in [2.05, 4.69) is 10.3 Å². The van der Waals surface area contributed by atoms with Crippen molar-refractivity contribution in [3.8, 4) is 0 Å². The van der Waals surface area contributed by atoms with E-state index in [-0.39, 0.29) is 17.8 Å². The molecule has 1 N–H and O–H groups in total. The molecule has 1 aromatic carbocycles. The van der Waals surface area contributed by atoms with Crippen LogP contribution in [0.15, 0.2) is 34.3 Å². The minimum atomic E-state index is -4.86. The Labute approximate surface area is 149 Å². The molecule has 26 heavy (non-hydrogen) atoms. The average molecular weight is 387 g/mol. The van der Waals surface area contributed by atoms with Gasteiger partial charge in [0.15, 0.2) is 5.16 Å². The predicted molar refractivity (Wildman–Crippen MR) is 87.5 cm³/mol. The first-order valence-corrected chi connectivity index (χ1v) is 8.52. The van der Waals surface area contributed by atoms with Gasteiger partial charge in [0.25, 0.3) is 5.56 Å². The Hall–Kier alpha value is -2.36. The van der Waals surface area contributed by atoms with Crippen LogP contribution in [-0.4, -0.2) is 21.2 Å². The fourth-order valence-corrected chi connectivity index (χ4v) is 3.57. The number of alkyl halides is 3. The molecule has 2 heterocycles. The fourth-order valence-electron chi connectivity index (χ4n) is 2.52. The fraction of sp³-hybridized carbons (Fsp3) is 0.312. The molecule has 3 rings (SSSR count). The van der Waals surface area contributed by atoms with Gasteiger partial charge >= 0.3 is 6.18 Å². The molecule has 0 spiro atoms. The summed E-state index contributed by atoms with van der Waals surface area (Å²) in [7, 11) is 0. The van der Waals surface area contributed by atoms with E-state index < -0.39 is 29.4 Å². The number of anilines is 1. The smallest absolute Gasteiger partial charge is 0.326 e. The lowest BCUT2D eigenvalue weighted by Crippen LogP contribution is -2.37. The number of carbonyl (C=O) groups is 1. The third-order valence-corrected chi connectivity index (χ3v) is 5.06. The van der Waals surface area contributed by atoms with Crippen LogP contribution in [0.5, 0.6) is 0 Å². The second-order valence-corrected chi connectivity index (χ2v) is 6.82. The Balaban J connectivity index is 1.79. The Bertz CT molecular complexity index is 927. The van der Waals surface area contributed by atoms with Gasteiger partial charge < -0.3 is 5.32 Å². The Morgan fingerprint density at radius 1 is 1.38 bits per heavy atom. The molecule has 2 aromatic rings. The Morgan fingerprint density at radius 2 is 2.12 bits per heavy atom. The first-order valence-electron chi connectivity index (χ1n) is 7.53. The molecule has 0 fully saturated rings. The molecule has 0 saturated carbocycles. The van der Waals surface area contributed by atoms with Crippen molar-refractivity contribution in [1.82, 2.24) is 9.55 Å². The van der Waals surface area contributed by atoms with Crippen molar-refractivity contribution in [2.45, 2.75) is 24.8 Å². The first kappa shape index (κ1) is 18.4. The van der Waals surface area contributed by atoms with Crippen LogP contribution >= 0.6 is 11.8 Å². The second-order valence-electron chi connectivity index (χ2n) is 5.83. The van der Waals surface area contributed by atoms with Crippen LogP contribution in [0.2, 0.25) is 0 Å². The maximum Gasteiger partial charge on any atom is 0.419 e. The molecule has 0 aliphatic carbocycles. The molecule has 1 aromatic heterocycles. The predicted octanol–water partition coefficient (Wildman–Crippen LogP) is 3.07. The lowest BCUT2D eigenvalue weighted by molar-refractivity contribution is -0.140. The van der Waals surface area contributed by atoms with Crippen molar-refractivity contribution in [1.29, 1.82) is 0 Å². The number of aromatic nitrogens is 2.